The van der Waals surface area contributed by atoms with Crippen molar-refractivity contribution in [2.24, 2.45) is 4.99 Å². The number of aliphatic imine (C=N–C) groups is 1. The van der Waals surface area contributed by atoms with E-state index in [0.29, 0.717) is 6.54 Å². The summed E-state index contributed by atoms with van der Waals surface area (Å²) in [4.78, 5) is 9.23. The third kappa shape index (κ3) is 5.33. The molecule has 1 saturated heterocycles. The summed E-state index contributed by atoms with van der Waals surface area (Å²) < 4.78 is 5.44. The molecule has 2 aromatic rings. The van der Waals surface area contributed by atoms with Crippen LogP contribution in [0.25, 0.3) is 0 Å². The highest BCUT2D eigenvalue weighted by Crippen LogP contribution is 2.24. The second-order valence-electron chi connectivity index (χ2n) is 7.04. The Morgan fingerprint density at radius 1 is 1.07 bits per heavy atom. The van der Waals surface area contributed by atoms with Crippen molar-refractivity contribution in [1.29, 1.82) is 0 Å². The fraction of sp³-hybridized carbons (Fsp3) is 0.435. The Hall–Kier alpha value is -2.37. The second kappa shape index (κ2) is 10.2. The molecule has 1 heterocycles. The Morgan fingerprint density at radius 3 is 2.46 bits per heavy atom. The lowest BCUT2D eigenvalue weighted by atomic mass is 10.1. The first kappa shape index (κ1) is 20.4. The van der Waals surface area contributed by atoms with Gasteiger partial charge in [-0.15, -0.1) is 0 Å². The number of aromatic hydroxyl groups is 1. The van der Waals surface area contributed by atoms with Gasteiger partial charge >= 0.3 is 0 Å². The van der Waals surface area contributed by atoms with E-state index in [4.69, 9.17) is 4.74 Å². The molecule has 0 unspecified atom stereocenters. The molecular formula is C23H31N3O2. The maximum atomic E-state index is 10.4. The summed E-state index contributed by atoms with van der Waals surface area (Å²) in [5.74, 6) is 0.273. The quantitative estimate of drug-likeness (QED) is 0.709. The number of hydrogen-bond donors (Lipinski definition) is 1. The molecule has 150 valence electrons. The fourth-order valence-electron chi connectivity index (χ4n) is 3.54. The summed E-state index contributed by atoms with van der Waals surface area (Å²) in [5.41, 5.74) is 4.32. The molecule has 5 nitrogen and oxygen atoms in total. The minimum atomic E-state index is 0.273. The molecule has 2 aromatic carbocycles. The van der Waals surface area contributed by atoms with Crippen molar-refractivity contribution in [3.8, 4) is 5.75 Å². The van der Waals surface area contributed by atoms with Crippen LogP contribution >= 0.6 is 0 Å². The number of phenols is 1. The molecule has 5 heteroatoms. The van der Waals surface area contributed by atoms with E-state index in [-0.39, 0.29) is 5.75 Å². The molecule has 1 aliphatic heterocycles. The molecule has 0 saturated carbocycles. The summed E-state index contributed by atoms with van der Waals surface area (Å²) in [7, 11) is 0. The normalized spacial score (nSPS) is 15.2. The number of nitrogens with zero attached hydrogens (tertiary/aromatic N) is 3. The van der Waals surface area contributed by atoms with Crippen molar-refractivity contribution < 1.29 is 9.84 Å². The predicted octanol–water partition coefficient (Wildman–Crippen LogP) is 3.69. The van der Waals surface area contributed by atoms with Gasteiger partial charge in [0.05, 0.1) is 19.8 Å². The average Bonchev–Trinajstić information content (AvgIpc) is 2.72. The van der Waals surface area contributed by atoms with Crippen LogP contribution in [-0.2, 0) is 17.8 Å². The molecule has 0 aromatic heterocycles. The van der Waals surface area contributed by atoms with Crippen LogP contribution in [0.15, 0.2) is 47.5 Å². The van der Waals surface area contributed by atoms with Crippen molar-refractivity contribution in [2.75, 3.05) is 44.3 Å². The zero-order chi connectivity index (χ0) is 19.8. The largest absolute Gasteiger partial charge is 0.507 e. The smallest absolute Gasteiger partial charge is 0.126 e. The molecule has 0 radical (unpaired) electrons. The van der Waals surface area contributed by atoms with E-state index in [1.807, 2.05) is 18.2 Å². The zero-order valence-corrected chi connectivity index (χ0v) is 17.0. The Labute approximate surface area is 168 Å². The first-order chi connectivity index (χ1) is 13.7. The molecule has 0 atom stereocenters. The van der Waals surface area contributed by atoms with Gasteiger partial charge in [0.25, 0.3) is 0 Å². The second-order valence-corrected chi connectivity index (χ2v) is 7.04. The molecule has 3 rings (SSSR count). The third-order valence-corrected chi connectivity index (χ3v) is 5.25. The van der Waals surface area contributed by atoms with Crippen LogP contribution < -0.4 is 4.90 Å². The Morgan fingerprint density at radius 2 is 1.79 bits per heavy atom. The van der Waals surface area contributed by atoms with E-state index in [1.54, 1.807) is 6.21 Å². The van der Waals surface area contributed by atoms with E-state index in [9.17, 15) is 5.11 Å². The number of hydrogen-bond acceptors (Lipinski definition) is 5. The highest BCUT2D eigenvalue weighted by Gasteiger charge is 2.12. The van der Waals surface area contributed by atoms with Gasteiger partial charge in [0.15, 0.2) is 0 Å². The number of morpholine rings is 1. The molecule has 0 aliphatic carbocycles. The lowest BCUT2D eigenvalue weighted by Crippen LogP contribution is -2.35. The molecule has 0 spiro atoms. The first-order valence-corrected chi connectivity index (χ1v) is 10.2. The Bertz CT molecular complexity index is 781. The average molecular weight is 382 g/mol. The molecule has 1 N–H and O–H groups in total. The van der Waals surface area contributed by atoms with Crippen LogP contribution in [0.2, 0.25) is 0 Å². The monoisotopic (exact) mass is 381 g/mol. The topological polar surface area (TPSA) is 48.3 Å². The Kier molecular flexibility index (Phi) is 7.46. The summed E-state index contributed by atoms with van der Waals surface area (Å²) in [5, 5.41) is 10.4. The van der Waals surface area contributed by atoms with Gasteiger partial charge in [0.1, 0.15) is 5.75 Å². The van der Waals surface area contributed by atoms with Gasteiger partial charge in [-0.05, 0) is 37.1 Å². The van der Waals surface area contributed by atoms with E-state index in [1.165, 1.54) is 11.1 Å². The summed E-state index contributed by atoms with van der Waals surface area (Å²) >= 11 is 0. The highest BCUT2D eigenvalue weighted by atomic mass is 16.5. The van der Waals surface area contributed by atoms with Crippen LogP contribution in [-0.4, -0.2) is 55.6 Å². The van der Waals surface area contributed by atoms with E-state index >= 15 is 0 Å². The first-order valence-electron chi connectivity index (χ1n) is 10.2. The van der Waals surface area contributed by atoms with Crippen LogP contribution in [0.5, 0.6) is 5.75 Å². The highest BCUT2D eigenvalue weighted by molar-refractivity contribution is 5.84. The lowest BCUT2D eigenvalue weighted by Gasteiger charge is -2.27. The van der Waals surface area contributed by atoms with Crippen molar-refractivity contribution in [3.63, 3.8) is 0 Å². The van der Waals surface area contributed by atoms with Gasteiger partial charge in [-0.2, -0.15) is 0 Å². The van der Waals surface area contributed by atoms with Crippen LogP contribution in [0.1, 0.15) is 30.5 Å². The number of benzene rings is 2. The predicted molar refractivity (Wildman–Crippen MR) is 116 cm³/mol. The van der Waals surface area contributed by atoms with Gasteiger partial charge in [-0.25, -0.2) is 0 Å². The fourth-order valence-corrected chi connectivity index (χ4v) is 3.54. The maximum absolute atomic E-state index is 10.4. The van der Waals surface area contributed by atoms with E-state index < -0.39 is 0 Å². The standard InChI is InChI=1S/C23H31N3O2/c1-3-26(4-2)22-10-9-20(23(27)15-22)17-24-16-19-7-5-6-8-21(19)18-25-11-13-28-14-12-25/h5-10,15,17,27H,3-4,11-14,16,18H2,1-2H3. The van der Waals surface area contributed by atoms with Gasteiger partial charge < -0.3 is 14.7 Å². The molecular weight excluding hydrogens is 350 g/mol. The number of ether oxygens (including phenoxy) is 1. The van der Waals surface area contributed by atoms with Crippen LogP contribution in [0.3, 0.4) is 0 Å². The summed E-state index contributed by atoms with van der Waals surface area (Å²) in [6, 6.07) is 14.3. The Balaban J connectivity index is 1.66. The van der Waals surface area contributed by atoms with Gasteiger partial charge in [-0.1, -0.05) is 24.3 Å². The van der Waals surface area contributed by atoms with E-state index in [2.05, 4.69) is 52.9 Å². The van der Waals surface area contributed by atoms with Crippen molar-refractivity contribution in [3.05, 3.63) is 59.2 Å². The molecule has 1 fully saturated rings. The van der Waals surface area contributed by atoms with Crippen molar-refractivity contribution in [1.82, 2.24) is 4.90 Å². The SMILES string of the molecule is CCN(CC)c1ccc(C=NCc2ccccc2CN2CCOCC2)c(O)c1. The summed E-state index contributed by atoms with van der Waals surface area (Å²) in [6.45, 7) is 11.2. The van der Waals surface area contributed by atoms with Gasteiger partial charge in [0.2, 0.25) is 0 Å². The molecule has 28 heavy (non-hydrogen) atoms. The molecule has 0 amide bonds. The molecule has 0 bridgehead atoms. The van der Waals surface area contributed by atoms with E-state index in [0.717, 1.165) is 57.2 Å². The maximum Gasteiger partial charge on any atom is 0.126 e. The number of phenolic OH excluding ortho intramolecular Hbond substituents is 1. The van der Waals surface area contributed by atoms with Gasteiger partial charge in [0, 0.05) is 56.3 Å². The molecule has 1 aliphatic rings. The minimum absolute atomic E-state index is 0.273. The zero-order valence-electron chi connectivity index (χ0n) is 17.0. The van der Waals surface area contributed by atoms with Gasteiger partial charge in [-0.3, -0.25) is 9.89 Å². The lowest BCUT2D eigenvalue weighted by molar-refractivity contribution is 0.0341. The third-order valence-electron chi connectivity index (χ3n) is 5.25. The number of anilines is 1. The minimum Gasteiger partial charge on any atom is -0.507 e. The van der Waals surface area contributed by atoms with Crippen LogP contribution in [0.4, 0.5) is 5.69 Å². The summed E-state index contributed by atoms with van der Waals surface area (Å²) in [6.07, 6.45) is 1.77. The van der Waals surface area contributed by atoms with Crippen LogP contribution in [0, 0.1) is 0 Å². The van der Waals surface area contributed by atoms with Crippen molar-refractivity contribution in [2.45, 2.75) is 26.9 Å². The number of rotatable bonds is 8. The van der Waals surface area contributed by atoms with Crippen molar-refractivity contribution >= 4 is 11.9 Å².